The summed E-state index contributed by atoms with van der Waals surface area (Å²) in [6.07, 6.45) is 1.17. The first-order chi connectivity index (χ1) is 16.3. The van der Waals surface area contributed by atoms with Crippen molar-refractivity contribution in [2.24, 2.45) is 0 Å². The van der Waals surface area contributed by atoms with Crippen molar-refractivity contribution in [3.63, 3.8) is 0 Å². The largest absolute Gasteiger partial charge is 0.493 e. The summed E-state index contributed by atoms with van der Waals surface area (Å²) in [4.78, 5) is 23.9. The van der Waals surface area contributed by atoms with Gasteiger partial charge in [0, 0.05) is 5.69 Å². The SMILES string of the molecule is COc1cc(/C=C(\C#N)C(=O)Nc2ccc(C)cc2C)c([N+](=O)[O-])cc1OCc1ccccc1. The molecule has 0 saturated carbocycles. The third-order valence-corrected chi connectivity index (χ3v) is 5.04. The van der Waals surface area contributed by atoms with E-state index in [0.717, 1.165) is 16.7 Å². The molecule has 172 valence electrons. The maximum absolute atomic E-state index is 12.7. The molecule has 0 bridgehead atoms. The molecule has 1 N–H and O–H groups in total. The number of carbonyl (C=O) groups excluding carboxylic acids is 1. The molecule has 0 aliphatic carbocycles. The quantitative estimate of drug-likeness (QED) is 0.211. The fraction of sp³-hybridized carbons (Fsp3) is 0.154. The van der Waals surface area contributed by atoms with E-state index in [0.29, 0.717) is 5.69 Å². The Kier molecular flexibility index (Phi) is 7.62. The van der Waals surface area contributed by atoms with Crippen molar-refractivity contribution >= 4 is 23.4 Å². The van der Waals surface area contributed by atoms with Gasteiger partial charge in [-0.05, 0) is 43.2 Å². The van der Waals surface area contributed by atoms with Crippen LogP contribution in [0.15, 0.2) is 66.2 Å². The molecule has 0 aromatic heterocycles. The molecule has 8 nitrogen and oxygen atoms in total. The first kappa shape index (κ1) is 24.0. The molecule has 0 heterocycles. The number of benzene rings is 3. The maximum Gasteiger partial charge on any atom is 0.280 e. The number of nitrogens with one attached hydrogen (secondary N) is 1. The molecule has 0 aliphatic rings. The molecule has 8 heteroatoms. The van der Waals surface area contributed by atoms with Gasteiger partial charge in [-0.1, -0.05) is 48.0 Å². The van der Waals surface area contributed by atoms with Gasteiger partial charge in [-0.3, -0.25) is 14.9 Å². The number of aryl methyl sites for hydroxylation is 2. The van der Waals surface area contributed by atoms with E-state index in [9.17, 15) is 20.2 Å². The molecule has 3 aromatic rings. The van der Waals surface area contributed by atoms with Crippen molar-refractivity contribution in [3.8, 4) is 17.6 Å². The third kappa shape index (κ3) is 5.78. The van der Waals surface area contributed by atoms with Crippen LogP contribution in [0.1, 0.15) is 22.3 Å². The summed E-state index contributed by atoms with van der Waals surface area (Å²) in [5.74, 6) is -0.263. The van der Waals surface area contributed by atoms with Crippen LogP contribution in [-0.2, 0) is 11.4 Å². The summed E-state index contributed by atoms with van der Waals surface area (Å²) >= 11 is 0. The van der Waals surface area contributed by atoms with Gasteiger partial charge < -0.3 is 14.8 Å². The van der Waals surface area contributed by atoms with Gasteiger partial charge in [0.25, 0.3) is 11.6 Å². The molecule has 0 radical (unpaired) electrons. The number of hydrogen-bond donors (Lipinski definition) is 1. The lowest BCUT2D eigenvalue weighted by molar-refractivity contribution is -0.385. The van der Waals surface area contributed by atoms with Crippen LogP contribution >= 0.6 is 0 Å². The number of methoxy groups -OCH3 is 1. The monoisotopic (exact) mass is 457 g/mol. The van der Waals surface area contributed by atoms with E-state index in [4.69, 9.17) is 9.47 Å². The molecule has 3 rings (SSSR count). The molecule has 1 amide bonds. The zero-order valence-corrected chi connectivity index (χ0v) is 19.0. The second-order valence-corrected chi connectivity index (χ2v) is 7.54. The van der Waals surface area contributed by atoms with Crippen molar-refractivity contribution in [3.05, 3.63) is 98.6 Å². The lowest BCUT2D eigenvalue weighted by Gasteiger charge is -2.12. The number of carbonyl (C=O) groups is 1. The van der Waals surface area contributed by atoms with Crippen LogP contribution in [0.3, 0.4) is 0 Å². The lowest BCUT2D eigenvalue weighted by atomic mass is 10.1. The fourth-order valence-electron chi connectivity index (χ4n) is 3.29. The average molecular weight is 457 g/mol. The zero-order valence-electron chi connectivity index (χ0n) is 19.0. The normalized spacial score (nSPS) is 10.8. The number of nitro groups is 1. The van der Waals surface area contributed by atoms with Gasteiger partial charge in [0.1, 0.15) is 18.2 Å². The molecule has 34 heavy (non-hydrogen) atoms. The van der Waals surface area contributed by atoms with Crippen LogP contribution < -0.4 is 14.8 Å². The minimum absolute atomic E-state index is 0.0428. The second-order valence-electron chi connectivity index (χ2n) is 7.54. The van der Waals surface area contributed by atoms with E-state index in [1.54, 1.807) is 6.07 Å². The highest BCUT2D eigenvalue weighted by molar-refractivity contribution is 6.10. The number of nitrogens with zero attached hydrogens (tertiary/aromatic N) is 2. The van der Waals surface area contributed by atoms with Gasteiger partial charge in [0.05, 0.1) is 23.7 Å². The highest BCUT2D eigenvalue weighted by Crippen LogP contribution is 2.36. The average Bonchev–Trinajstić information content (AvgIpc) is 2.83. The van der Waals surface area contributed by atoms with Crippen molar-refractivity contribution in [2.45, 2.75) is 20.5 Å². The van der Waals surface area contributed by atoms with Crippen LogP contribution in [0.2, 0.25) is 0 Å². The highest BCUT2D eigenvalue weighted by atomic mass is 16.6. The van der Waals surface area contributed by atoms with Crippen LogP contribution in [0.25, 0.3) is 6.08 Å². The molecule has 0 atom stereocenters. The number of ether oxygens (including phenoxy) is 2. The minimum Gasteiger partial charge on any atom is -0.493 e. The predicted molar refractivity (Wildman–Crippen MR) is 129 cm³/mol. The Hall–Kier alpha value is -4.64. The second kappa shape index (κ2) is 10.8. The smallest absolute Gasteiger partial charge is 0.280 e. The molecule has 0 saturated heterocycles. The van der Waals surface area contributed by atoms with Gasteiger partial charge >= 0.3 is 0 Å². The number of amides is 1. The molecule has 0 fully saturated rings. The summed E-state index contributed by atoms with van der Waals surface area (Å²) in [7, 11) is 1.40. The minimum atomic E-state index is -0.674. The Morgan fingerprint density at radius 3 is 2.47 bits per heavy atom. The van der Waals surface area contributed by atoms with Gasteiger partial charge in [-0.2, -0.15) is 5.26 Å². The van der Waals surface area contributed by atoms with Crippen molar-refractivity contribution in [2.75, 3.05) is 12.4 Å². The van der Waals surface area contributed by atoms with Crippen LogP contribution in [0, 0.1) is 35.3 Å². The summed E-state index contributed by atoms with van der Waals surface area (Å²) in [5, 5.41) is 24.0. The number of nitriles is 1. The standard InChI is InChI=1S/C26H23N3O5/c1-17-9-10-22(18(2)11-17)28-26(30)21(15-27)12-20-13-24(33-3)25(14-23(20)29(31)32)34-16-19-7-5-4-6-8-19/h4-14H,16H2,1-3H3,(H,28,30)/b21-12+. The molecule has 0 unspecified atom stereocenters. The van der Waals surface area contributed by atoms with Gasteiger partial charge in [0.15, 0.2) is 11.5 Å². The number of hydrogen-bond acceptors (Lipinski definition) is 6. The summed E-state index contributed by atoms with van der Waals surface area (Å²) in [5.41, 5.74) is 2.72. The van der Waals surface area contributed by atoms with Gasteiger partial charge in [0.2, 0.25) is 0 Å². The molecule has 0 spiro atoms. The van der Waals surface area contributed by atoms with E-state index < -0.39 is 10.8 Å². The van der Waals surface area contributed by atoms with Crippen LogP contribution in [0.5, 0.6) is 11.5 Å². The Morgan fingerprint density at radius 1 is 1.12 bits per heavy atom. The third-order valence-electron chi connectivity index (χ3n) is 5.04. The summed E-state index contributed by atoms with van der Waals surface area (Å²) < 4.78 is 11.1. The van der Waals surface area contributed by atoms with Crippen molar-refractivity contribution in [1.82, 2.24) is 0 Å². The van der Waals surface area contributed by atoms with Crippen LogP contribution in [0.4, 0.5) is 11.4 Å². The van der Waals surface area contributed by atoms with E-state index in [1.165, 1.54) is 25.3 Å². The van der Waals surface area contributed by atoms with Gasteiger partial charge in [-0.25, -0.2) is 0 Å². The Balaban J connectivity index is 1.93. The molecule has 3 aromatic carbocycles. The molecule has 0 aliphatic heterocycles. The topological polar surface area (TPSA) is 114 Å². The Bertz CT molecular complexity index is 1290. The Morgan fingerprint density at radius 2 is 1.85 bits per heavy atom. The maximum atomic E-state index is 12.7. The number of rotatable bonds is 8. The van der Waals surface area contributed by atoms with Crippen LogP contribution in [-0.4, -0.2) is 17.9 Å². The molecular formula is C26H23N3O5. The highest BCUT2D eigenvalue weighted by Gasteiger charge is 2.21. The summed E-state index contributed by atoms with van der Waals surface area (Å²) in [6, 6.07) is 19.2. The summed E-state index contributed by atoms with van der Waals surface area (Å²) in [6.45, 7) is 3.95. The van der Waals surface area contributed by atoms with E-state index >= 15 is 0 Å². The first-order valence-corrected chi connectivity index (χ1v) is 10.4. The zero-order chi connectivity index (χ0) is 24.7. The van der Waals surface area contributed by atoms with E-state index in [1.807, 2.05) is 62.4 Å². The predicted octanol–water partition coefficient (Wildman–Crippen LogP) is 5.34. The first-order valence-electron chi connectivity index (χ1n) is 10.4. The molecular weight excluding hydrogens is 434 g/mol. The fourth-order valence-corrected chi connectivity index (χ4v) is 3.29. The van der Waals surface area contributed by atoms with Gasteiger partial charge in [-0.15, -0.1) is 0 Å². The van der Waals surface area contributed by atoms with E-state index in [-0.39, 0.29) is 34.9 Å². The Labute approximate surface area is 197 Å². The lowest BCUT2D eigenvalue weighted by Crippen LogP contribution is -2.14. The van der Waals surface area contributed by atoms with Crippen molar-refractivity contribution in [1.29, 1.82) is 5.26 Å². The van der Waals surface area contributed by atoms with Crippen molar-refractivity contribution < 1.29 is 19.2 Å². The number of anilines is 1. The van der Waals surface area contributed by atoms with E-state index in [2.05, 4.69) is 5.32 Å². The number of nitro benzene ring substituents is 1.